The number of pyridine rings is 1. The molecule has 1 aromatic carbocycles. The summed E-state index contributed by atoms with van der Waals surface area (Å²) in [6, 6.07) is 7.91. The molecule has 0 N–H and O–H groups in total. The molecule has 8 heteroatoms. The van der Waals surface area contributed by atoms with Crippen molar-refractivity contribution in [1.82, 2.24) is 19.5 Å². The Hall–Kier alpha value is -3.39. The number of thiazole rings is 1. The number of rotatable bonds is 5. The van der Waals surface area contributed by atoms with Crippen LogP contribution >= 0.6 is 11.3 Å². The van der Waals surface area contributed by atoms with Crippen molar-refractivity contribution in [2.24, 2.45) is 0 Å². The minimum Gasteiger partial charge on any atom is -0.289 e. The number of carbonyl (C=O) groups excluding carboxylic acids is 1. The molecule has 0 atom stereocenters. The fourth-order valence-corrected chi connectivity index (χ4v) is 4.59. The van der Waals surface area contributed by atoms with E-state index in [-0.39, 0.29) is 18.0 Å². The lowest BCUT2D eigenvalue weighted by atomic mass is 10.1. The summed E-state index contributed by atoms with van der Waals surface area (Å²) in [5.74, 6) is -0.232. The number of benzene rings is 1. The lowest BCUT2D eigenvalue weighted by molar-refractivity contribution is -0.119. The van der Waals surface area contributed by atoms with Gasteiger partial charge >= 0.3 is 0 Å². The van der Waals surface area contributed by atoms with Crippen molar-refractivity contribution in [3.8, 4) is 0 Å². The van der Waals surface area contributed by atoms with Crippen LogP contribution in [0.5, 0.6) is 0 Å². The number of nitrogens with zero attached hydrogens (tertiary/aromatic N) is 5. The van der Waals surface area contributed by atoms with Gasteiger partial charge in [-0.15, -0.1) is 0 Å². The standard InChI is InChI=1S/C23H23N5O2S/c1-14-8-15(2)21-19(9-14)31-23(26-21)28(11-18-6-5-7-24-10-18)20(29)12-27-13-25-17(4)16(3)22(27)30/h5-10,13H,11-12H2,1-4H3. The van der Waals surface area contributed by atoms with Crippen LogP contribution < -0.4 is 10.5 Å². The quantitative estimate of drug-likeness (QED) is 0.479. The Morgan fingerprint density at radius 2 is 2.00 bits per heavy atom. The summed E-state index contributed by atoms with van der Waals surface area (Å²) in [6.07, 6.45) is 4.85. The summed E-state index contributed by atoms with van der Waals surface area (Å²) >= 11 is 1.47. The molecule has 0 spiro atoms. The molecule has 158 valence electrons. The summed E-state index contributed by atoms with van der Waals surface area (Å²) in [5, 5.41) is 0.599. The Bertz CT molecular complexity index is 1330. The van der Waals surface area contributed by atoms with Gasteiger partial charge < -0.3 is 0 Å². The van der Waals surface area contributed by atoms with Gasteiger partial charge in [-0.1, -0.05) is 23.5 Å². The van der Waals surface area contributed by atoms with Crippen molar-refractivity contribution < 1.29 is 4.79 Å². The Morgan fingerprint density at radius 3 is 2.74 bits per heavy atom. The van der Waals surface area contributed by atoms with Gasteiger partial charge in [0.25, 0.3) is 5.56 Å². The van der Waals surface area contributed by atoms with E-state index >= 15 is 0 Å². The molecular formula is C23H23N5O2S. The number of hydrogen-bond acceptors (Lipinski definition) is 6. The minimum atomic E-state index is -0.232. The number of amides is 1. The molecule has 0 aliphatic heterocycles. The molecule has 31 heavy (non-hydrogen) atoms. The predicted octanol–water partition coefficient (Wildman–Crippen LogP) is 3.72. The zero-order valence-corrected chi connectivity index (χ0v) is 18.7. The molecule has 7 nitrogen and oxygen atoms in total. The Balaban J connectivity index is 1.74. The van der Waals surface area contributed by atoms with Crippen molar-refractivity contribution in [2.45, 2.75) is 40.8 Å². The molecule has 0 saturated carbocycles. The molecule has 0 aliphatic rings. The van der Waals surface area contributed by atoms with Crippen LogP contribution in [0.4, 0.5) is 5.13 Å². The second-order valence-electron chi connectivity index (χ2n) is 7.65. The normalized spacial score (nSPS) is 11.1. The Morgan fingerprint density at radius 1 is 1.19 bits per heavy atom. The maximum absolute atomic E-state index is 13.4. The maximum Gasteiger partial charge on any atom is 0.256 e. The Labute approximate surface area is 184 Å². The van der Waals surface area contributed by atoms with Crippen LogP contribution in [0, 0.1) is 27.7 Å². The summed E-state index contributed by atoms with van der Waals surface area (Å²) in [6.45, 7) is 7.77. The van der Waals surface area contributed by atoms with Gasteiger partial charge in [0.05, 0.1) is 23.1 Å². The first kappa shape index (κ1) is 20.9. The minimum absolute atomic E-state index is 0.110. The summed E-state index contributed by atoms with van der Waals surface area (Å²) in [7, 11) is 0. The summed E-state index contributed by atoms with van der Waals surface area (Å²) in [5.41, 5.74) is 4.99. The van der Waals surface area contributed by atoms with Crippen LogP contribution in [-0.4, -0.2) is 25.4 Å². The van der Waals surface area contributed by atoms with Gasteiger partial charge in [0.1, 0.15) is 6.54 Å². The monoisotopic (exact) mass is 433 g/mol. The molecule has 3 aromatic heterocycles. The molecule has 0 unspecified atom stereocenters. The van der Waals surface area contributed by atoms with E-state index in [9.17, 15) is 9.59 Å². The van der Waals surface area contributed by atoms with Crippen LogP contribution in [0.2, 0.25) is 0 Å². The summed E-state index contributed by atoms with van der Waals surface area (Å²) < 4.78 is 2.38. The van der Waals surface area contributed by atoms with E-state index in [1.807, 2.05) is 26.0 Å². The highest BCUT2D eigenvalue weighted by Gasteiger charge is 2.22. The van der Waals surface area contributed by atoms with Crippen molar-refractivity contribution in [3.05, 3.63) is 81.3 Å². The van der Waals surface area contributed by atoms with E-state index in [1.54, 1.807) is 31.1 Å². The molecule has 0 fully saturated rings. The first-order chi connectivity index (χ1) is 14.8. The first-order valence-electron chi connectivity index (χ1n) is 9.93. The third-order valence-electron chi connectivity index (χ3n) is 5.23. The van der Waals surface area contributed by atoms with E-state index in [2.05, 4.69) is 22.1 Å². The molecule has 0 aliphatic carbocycles. The average molecular weight is 434 g/mol. The molecule has 0 bridgehead atoms. The predicted molar refractivity (Wildman–Crippen MR) is 122 cm³/mol. The fraction of sp³-hybridized carbons (Fsp3) is 0.261. The van der Waals surface area contributed by atoms with Crippen LogP contribution in [0.25, 0.3) is 10.2 Å². The molecule has 3 heterocycles. The van der Waals surface area contributed by atoms with Crippen LogP contribution in [-0.2, 0) is 17.9 Å². The number of anilines is 1. The number of carbonyl (C=O) groups is 1. The number of aryl methyl sites for hydroxylation is 3. The van der Waals surface area contributed by atoms with Crippen LogP contribution in [0.3, 0.4) is 0 Å². The highest BCUT2D eigenvalue weighted by atomic mass is 32.1. The fourth-order valence-electron chi connectivity index (χ4n) is 3.43. The Kier molecular flexibility index (Phi) is 5.65. The lowest BCUT2D eigenvalue weighted by Crippen LogP contribution is -2.37. The largest absolute Gasteiger partial charge is 0.289 e. The van der Waals surface area contributed by atoms with Crippen molar-refractivity contribution in [2.75, 3.05) is 4.90 Å². The van der Waals surface area contributed by atoms with Gasteiger partial charge in [-0.3, -0.25) is 24.0 Å². The molecule has 4 aromatic rings. The van der Waals surface area contributed by atoms with Crippen LogP contribution in [0.1, 0.15) is 27.9 Å². The molecule has 4 rings (SSSR count). The van der Waals surface area contributed by atoms with Gasteiger partial charge in [-0.25, -0.2) is 9.97 Å². The van der Waals surface area contributed by atoms with Gasteiger partial charge in [0.2, 0.25) is 5.91 Å². The van der Waals surface area contributed by atoms with Crippen molar-refractivity contribution in [3.63, 3.8) is 0 Å². The third kappa shape index (κ3) is 4.25. The molecule has 0 radical (unpaired) electrons. The second kappa shape index (κ2) is 8.39. The third-order valence-corrected chi connectivity index (χ3v) is 6.26. The zero-order chi connectivity index (χ0) is 22.1. The number of hydrogen-bond donors (Lipinski definition) is 0. The van der Waals surface area contributed by atoms with Gasteiger partial charge in [-0.05, 0) is 56.5 Å². The average Bonchev–Trinajstić information content (AvgIpc) is 3.17. The van der Waals surface area contributed by atoms with Gasteiger partial charge in [-0.2, -0.15) is 0 Å². The maximum atomic E-state index is 13.4. The number of fused-ring (bicyclic) bond motifs is 1. The highest BCUT2D eigenvalue weighted by Crippen LogP contribution is 2.32. The molecule has 1 amide bonds. The van der Waals surface area contributed by atoms with Crippen LogP contribution in [0.15, 0.2) is 47.8 Å². The topological polar surface area (TPSA) is 81.0 Å². The van der Waals surface area contributed by atoms with E-state index in [1.165, 1.54) is 22.2 Å². The second-order valence-corrected chi connectivity index (χ2v) is 8.66. The van der Waals surface area contributed by atoms with E-state index < -0.39 is 0 Å². The number of aromatic nitrogens is 4. The molecule has 0 saturated heterocycles. The van der Waals surface area contributed by atoms with Crippen molar-refractivity contribution in [1.29, 1.82) is 0 Å². The SMILES string of the molecule is Cc1cc(C)c2nc(N(Cc3cccnc3)C(=O)Cn3cnc(C)c(C)c3=O)sc2c1. The van der Waals surface area contributed by atoms with Gasteiger partial charge in [0.15, 0.2) is 5.13 Å². The highest BCUT2D eigenvalue weighted by molar-refractivity contribution is 7.22. The first-order valence-corrected chi connectivity index (χ1v) is 10.7. The van der Waals surface area contributed by atoms with E-state index in [0.717, 1.165) is 26.9 Å². The zero-order valence-electron chi connectivity index (χ0n) is 17.9. The van der Waals surface area contributed by atoms with Crippen molar-refractivity contribution >= 4 is 32.6 Å². The summed E-state index contributed by atoms with van der Waals surface area (Å²) in [4.78, 5) is 40.8. The van der Waals surface area contributed by atoms with E-state index in [4.69, 9.17) is 4.98 Å². The lowest BCUT2D eigenvalue weighted by Gasteiger charge is -2.20. The smallest absolute Gasteiger partial charge is 0.256 e. The molecular weight excluding hydrogens is 410 g/mol. The van der Waals surface area contributed by atoms with Gasteiger partial charge in [0, 0.05) is 23.7 Å². The van der Waals surface area contributed by atoms with E-state index in [0.29, 0.717) is 22.9 Å².